The summed E-state index contributed by atoms with van der Waals surface area (Å²) in [5.74, 6) is 0.407. The van der Waals surface area contributed by atoms with E-state index < -0.39 is 0 Å². The third-order valence-electron chi connectivity index (χ3n) is 6.09. The van der Waals surface area contributed by atoms with Crippen molar-refractivity contribution < 1.29 is 4.79 Å². The highest BCUT2D eigenvalue weighted by Crippen LogP contribution is 2.37. The van der Waals surface area contributed by atoms with Crippen LogP contribution in [0.2, 0.25) is 5.02 Å². The zero-order valence-electron chi connectivity index (χ0n) is 19.0. The Hall–Kier alpha value is -3.83. The van der Waals surface area contributed by atoms with Crippen molar-refractivity contribution in [2.75, 3.05) is 10.6 Å². The van der Waals surface area contributed by atoms with Crippen LogP contribution in [0.15, 0.2) is 85.1 Å². The van der Waals surface area contributed by atoms with Crippen molar-refractivity contribution in [2.24, 2.45) is 0 Å². The van der Waals surface area contributed by atoms with Gasteiger partial charge in [0, 0.05) is 16.4 Å². The van der Waals surface area contributed by atoms with Gasteiger partial charge in [-0.25, -0.2) is 4.68 Å². The smallest absolute Gasteiger partial charge is 0.261 e. The standard InChI is InChI=1S/C28H25ClN4O/c1-3-19-10-12-20(13-11-19)25-16-26(22-6-4-5-7-24(22)29)33-27(32-25)23(17-30-33)28(34)31-21-14-8-18(2)9-15-21/h4-17,26,32H,3H2,1-2H3,(H,31,34). The van der Waals surface area contributed by atoms with E-state index in [4.69, 9.17) is 11.6 Å². The van der Waals surface area contributed by atoms with Crippen LogP contribution in [0.4, 0.5) is 11.5 Å². The second kappa shape index (κ2) is 9.20. The van der Waals surface area contributed by atoms with Gasteiger partial charge in [0.2, 0.25) is 0 Å². The van der Waals surface area contributed by atoms with Crippen LogP contribution in [-0.4, -0.2) is 15.7 Å². The highest BCUT2D eigenvalue weighted by atomic mass is 35.5. The minimum absolute atomic E-state index is 0.224. The van der Waals surface area contributed by atoms with Crippen LogP contribution in [-0.2, 0) is 6.42 Å². The molecule has 1 unspecified atom stereocenters. The van der Waals surface area contributed by atoms with Crippen LogP contribution in [0.5, 0.6) is 0 Å². The zero-order valence-corrected chi connectivity index (χ0v) is 19.8. The number of benzene rings is 3. The number of allylic oxidation sites excluding steroid dienone is 1. The van der Waals surface area contributed by atoms with Gasteiger partial charge in [-0.15, -0.1) is 0 Å². The lowest BCUT2D eigenvalue weighted by molar-refractivity contribution is 0.102. The number of aromatic nitrogens is 2. The fourth-order valence-corrected chi connectivity index (χ4v) is 4.37. The number of halogens is 1. The van der Waals surface area contributed by atoms with E-state index >= 15 is 0 Å². The largest absolute Gasteiger partial charge is 0.339 e. The minimum atomic E-state index is -0.258. The normalized spacial score (nSPS) is 14.7. The summed E-state index contributed by atoms with van der Waals surface area (Å²) in [7, 11) is 0. The first-order chi connectivity index (χ1) is 16.5. The highest BCUT2D eigenvalue weighted by Gasteiger charge is 2.28. The van der Waals surface area contributed by atoms with Crippen LogP contribution in [0.1, 0.15) is 45.6 Å². The monoisotopic (exact) mass is 468 g/mol. The van der Waals surface area contributed by atoms with E-state index in [0.717, 1.165) is 34.5 Å². The molecule has 0 aliphatic carbocycles. The molecule has 2 heterocycles. The molecule has 170 valence electrons. The van der Waals surface area contributed by atoms with Gasteiger partial charge < -0.3 is 10.6 Å². The third-order valence-corrected chi connectivity index (χ3v) is 6.43. The topological polar surface area (TPSA) is 59.0 Å². The number of carbonyl (C=O) groups excluding carboxylic acids is 1. The molecular formula is C28H25ClN4O. The number of amides is 1. The summed E-state index contributed by atoms with van der Waals surface area (Å²) < 4.78 is 1.81. The number of hydrogen-bond acceptors (Lipinski definition) is 3. The van der Waals surface area contributed by atoms with E-state index in [1.165, 1.54) is 5.56 Å². The average molecular weight is 469 g/mol. The molecule has 5 rings (SSSR count). The van der Waals surface area contributed by atoms with E-state index in [-0.39, 0.29) is 11.9 Å². The van der Waals surface area contributed by atoms with Gasteiger partial charge >= 0.3 is 0 Å². The Bertz CT molecular complexity index is 1370. The minimum Gasteiger partial charge on any atom is -0.339 e. The quantitative estimate of drug-likeness (QED) is 0.342. The van der Waals surface area contributed by atoms with Gasteiger partial charge in [-0.05, 0) is 54.3 Å². The summed E-state index contributed by atoms with van der Waals surface area (Å²) in [5.41, 5.74) is 6.47. The number of rotatable bonds is 5. The molecule has 6 heteroatoms. The number of nitrogens with zero attached hydrogens (tertiary/aromatic N) is 2. The number of carbonyl (C=O) groups is 1. The maximum atomic E-state index is 13.2. The molecule has 0 fully saturated rings. The molecule has 0 saturated carbocycles. The molecule has 3 aromatic carbocycles. The summed E-state index contributed by atoms with van der Waals surface area (Å²) in [4.78, 5) is 13.2. The maximum Gasteiger partial charge on any atom is 0.261 e. The van der Waals surface area contributed by atoms with Crippen molar-refractivity contribution in [1.82, 2.24) is 9.78 Å². The van der Waals surface area contributed by atoms with Crippen molar-refractivity contribution >= 4 is 34.7 Å². The van der Waals surface area contributed by atoms with Gasteiger partial charge in [-0.3, -0.25) is 4.79 Å². The summed E-state index contributed by atoms with van der Waals surface area (Å²) in [6.45, 7) is 4.15. The molecule has 1 atom stereocenters. The Morgan fingerprint density at radius 1 is 1.06 bits per heavy atom. The van der Waals surface area contributed by atoms with E-state index in [1.807, 2.05) is 60.1 Å². The third kappa shape index (κ3) is 4.22. The van der Waals surface area contributed by atoms with Crippen LogP contribution in [0, 0.1) is 6.92 Å². The van der Waals surface area contributed by atoms with Crippen molar-refractivity contribution in [3.05, 3.63) is 118 Å². The Labute approximate surface area is 204 Å². The fraction of sp³-hybridized carbons (Fsp3) is 0.143. The summed E-state index contributed by atoms with van der Waals surface area (Å²) in [5, 5.41) is 11.7. The number of anilines is 2. The van der Waals surface area contributed by atoms with Crippen molar-refractivity contribution in [2.45, 2.75) is 26.3 Å². The first-order valence-electron chi connectivity index (χ1n) is 11.3. The number of hydrogen-bond donors (Lipinski definition) is 2. The molecule has 1 amide bonds. The Balaban J connectivity index is 1.55. The molecule has 0 spiro atoms. The van der Waals surface area contributed by atoms with E-state index in [9.17, 15) is 4.79 Å². The molecule has 4 aromatic rings. The van der Waals surface area contributed by atoms with Gasteiger partial charge in [0.1, 0.15) is 17.4 Å². The molecule has 1 aromatic heterocycles. The van der Waals surface area contributed by atoms with Gasteiger partial charge in [0.05, 0.1) is 6.20 Å². The molecular weight excluding hydrogens is 444 g/mol. The van der Waals surface area contributed by atoms with Gasteiger partial charge in [0.25, 0.3) is 5.91 Å². The molecule has 5 nitrogen and oxygen atoms in total. The first-order valence-corrected chi connectivity index (χ1v) is 11.7. The Morgan fingerprint density at radius 3 is 2.50 bits per heavy atom. The zero-order chi connectivity index (χ0) is 23.7. The second-order valence-corrected chi connectivity index (χ2v) is 8.80. The second-order valence-electron chi connectivity index (χ2n) is 8.39. The lowest BCUT2D eigenvalue weighted by Crippen LogP contribution is -2.22. The number of aryl methyl sites for hydroxylation is 2. The van der Waals surface area contributed by atoms with Crippen LogP contribution in [0.25, 0.3) is 5.70 Å². The predicted octanol–water partition coefficient (Wildman–Crippen LogP) is 6.72. The highest BCUT2D eigenvalue weighted by molar-refractivity contribution is 6.31. The van der Waals surface area contributed by atoms with Crippen molar-refractivity contribution in [3.8, 4) is 0 Å². The predicted molar refractivity (Wildman–Crippen MR) is 138 cm³/mol. The summed E-state index contributed by atoms with van der Waals surface area (Å²) >= 11 is 6.58. The molecule has 0 bridgehead atoms. The lowest BCUT2D eigenvalue weighted by atomic mass is 10.00. The van der Waals surface area contributed by atoms with E-state index in [2.05, 4.69) is 53.0 Å². The summed E-state index contributed by atoms with van der Waals surface area (Å²) in [6.07, 6.45) is 4.68. The SMILES string of the molecule is CCc1ccc(C2=CC(c3ccccc3Cl)n3ncc(C(=O)Nc4ccc(C)cc4)c3N2)cc1. The molecule has 1 aliphatic heterocycles. The van der Waals surface area contributed by atoms with Crippen molar-refractivity contribution in [1.29, 1.82) is 0 Å². The van der Waals surface area contributed by atoms with Crippen LogP contribution in [0.3, 0.4) is 0 Å². The van der Waals surface area contributed by atoms with Gasteiger partial charge in [0.15, 0.2) is 0 Å². The molecule has 0 saturated heterocycles. The molecule has 34 heavy (non-hydrogen) atoms. The van der Waals surface area contributed by atoms with Gasteiger partial charge in [-0.1, -0.05) is 78.7 Å². The summed E-state index contributed by atoms with van der Waals surface area (Å²) in [6, 6.07) is 23.6. The van der Waals surface area contributed by atoms with E-state index in [1.54, 1.807) is 6.20 Å². The van der Waals surface area contributed by atoms with Crippen LogP contribution >= 0.6 is 11.6 Å². The van der Waals surface area contributed by atoms with E-state index in [0.29, 0.717) is 16.4 Å². The fourth-order valence-electron chi connectivity index (χ4n) is 4.12. The molecule has 0 radical (unpaired) electrons. The average Bonchev–Trinajstić information content (AvgIpc) is 3.30. The lowest BCUT2D eigenvalue weighted by Gasteiger charge is -2.27. The molecule has 2 N–H and O–H groups in total. The first kappa shape index (κ1) is 22.0. The number of fused-ring (bicyclic) bond motifs is 1. The number of nitrogens with one attached hydrogen (secondary N) is 2. The van der Waals surface area contributed by atoms with Crippen LogP contribution < -0.4 is 10.6 Å². The van der Waals surface area contributed by atoms with Gasteiger partial charge in [-0.2, -0.15) is 5.10 Å². The van der Waals surface area contributed by atoms with Crippen molar-refractivity contribution in [3.63, 3.8) is 0 Å². The Morgan fingerprint density at radius 2 is 1.79 bits per heavy atom. The Kier molecular flexibility index (Phi) is 5.95. The maximum absolute atomic E-state index is 13.2. The molecule has 1 aliphatic rings.